The zero-order valence-corrected chi connectivity index (χ0v) is 13.6. The van der Waals surface area contributed by atoms with E-state index in [0.29, 0.717) is 11.5 Å². The van der Waals surface area contributed by atoms with Gasteiger partial charge in [-0.1, -0.05) is 15.9 Å². The molecule has 2 aliphatic rings. The summed E-state index contributed by atoms with van der Waals surface area (Å²) in [5.41, 5.74) is 0.635. The summed E-state index contributed by atoms with van der Waals surface area (Å²) in [6.45, 7) is 3.43. The van der Waals surface area contributed by atoms with Crippen LogP contribution in [0.3, 0.4) is 0 Å². The maximum Gasteiger partial charge on any atom is 0.573 e. The van der Waals surface area contributed by atoms with Crippen LogP contribution in [-0.4, -0.2) is 37.4 Å². The van der Waals surface area contributed by atoms with Crippen LogP contribution in [0.25, 0.3) is 0 Å². The zero-order chi connectivity index (χ0) is 15.7. The lowest BCUT2D eigenvalue weighted by Gasteiger charge is -2.36. The molecule has 0 unspecified atom stereocenters. The molecule has 22 heavy (non-hydrogen) atoms. The smallest absolute Gasteiger partial charge is 0.405 e. The Balaban J connectivity index is 1.93. The third-order valence-corrected chi connectivity index (χ3v) is 4.62. The van der Waals surface area contributed by atoms with Gasteiger partial charge in [-0.25, -0.2) is 0 Å². The number of rotatable bonds is 4. The summed E-state index contributed by atoms with van der Waals surface area (Å²) < 4.78 is 43.1. The molecule has 7 heteroatoms. The van der Waals surface area contributed by atoms with Gasteiger partial charge in [0, 0.05) is 42.3 Å². The number of alkyl halides is 3. The second-order valence-corrected chi connectivity index (χ2v) is 6.71. The summed E-state index contributed by atoms with van der Waals surface area (Å²) in [4.78, 5) is 2.28. The molecule has 2 fully saturated rings. The summed E-state index contributed by atoms with van der Waals surface area (Å²) in [5.74, 6) is 0.342. The number of benzene rings is 1. The van der Waals surface area contributed by atoms with Crippen LogP contribution in [0.2, 0.25) is 0 Å². The van der Waals surface area contributed by atoms with E-state index in [1.165, 1.54) is 6.07 Å². The van der Waals surface area contributed by atoms with Crippen LogP contribution in [0.1, 0.15) is 24.4 Å². The minimum absolute atomic E-state index is 0.00282. The fourth-order valence-electron chi connectivity index (χ4n) is 3.09. The summed E-state index contributed by atoms with van der Waals surface area (Å²) in [6.07, 6.45) is -2.54. The van der Waals surface area contributed by atoms with E-state index in [1.807, 2.05) is 0 Å². The SMILES string of the molecule is FC(F)(F)Oc1ccc(Br)cc1[C@@H](C1CC1)N1CCNCC1. The van der Waals surface area contributed by atoms with E-state index in [0.717, 1.165) is 43.5 Å². The topological polar surface area (TPSA) is 24.5 Å². The Labute approximate surface area is 135 Å². The Morgan fingerprint density at radius 1 is 1.23 bits per heavy atom. The fraction of sp³-hybridized carbons (Fsp3) is 0.600. The number of ether oxygens (including phenoxy) is 1. The van der Waals surface area contributed by atoms with Crippen LogP contribution < -0.4 is 10.1 Å². The van der Waals surface area contributed by atoms with Gasteiger partial charge in [0.1, 0.15) is 5.75 Å². The van der Waals surface area contributed by atoms with E-state index in [2.05, 4.69) is 30.9 Å². The predicted molar refractivity (Wildman–Crippen MR) is 80.7 cm³/mol. The zero-order valence-electron chi connectivity index (χ0n) is 12.0. The van der Waals surface area contributed by atoms with Crippen LogP contribution in [0.15, 0.2) is 22.7 Å². The van der Waals surface area contributed by atoms with Gasteiger partial charge in [-0.15, -0.1) is 13.2 Å². The van der Waals surface area contributed by atoms with Crippen LogP contribution >= 0.6 is 15.9 Å². The van der Waals surface area contributed by atoms with Crippen LogP contribution in [-0.2, 0) is 0 Å². The Morgan fingerprint density at radius 2 is 1.91 bits per heavy atom. The normalized spacial score (nSPS) is 21.6. The van der Waals surface area contributed by atoms with Crippen molar-refractivity contribution in [2.75, 3.05) is 26.2 Å². The average Bonchev–Trinajstić information content (AvgIpc) is 3.27. The molecule has 1 N–H and O–H groups in total. The van der Waals surface area contributed by atoms with Crippen molar-refractivity contribution in [2.24, 2.45) is 5.92 Å². The van der Waals surface area contributed by atoms with Gasteiger partial charge in [0.2, 0.25) is 0 Å². The molecule has 0 amide bonds. The number of hydrogen-bond acceptors (Lipinski definition) is 3. The van der Waals surface area contributed by atoms with Gasteiger partial charge in [-0.3, -0.25) is 4.90 Å². The summed E-state index contributed by atoms with van der Waals surface area (Å²) in [5, 5.41) is 3.28. The van der Waals surface area contributed by atoms with Crippen LogP contribution in [0, 0.1) is 5.92 Å². The number of halogens is 4. The molecular formula is C15H18BrF3N2O. The van der Waals surface area contributed by atoms with E-state index in [-0.39, 0.29) is 11.8 Å². The molecule has 0 spiro atoms. The lowest BCUT2D eigenvalue weighted by Crippen LogP contribution is -2.45. The number of nitrogens with zero attached hydrogens (tertiary/aromatic N) is 1. The van der Waals surface area contributed by atoms with Crippen molar-refractivity contribution < 1.29 is 17.9 Å². The van der Waals surface area contributed by atoms with Crippen molar-refractivity contribution >= 4 is 15.9 Å². The summed E-state index contributed by atoms with van der Waals surface area (Å²) in [7, 11) is 0. The van der Waals surface area contributed by atoms with Gasteiger partial charge in [0.05, 0.1) is 0 Å². The number of nitrogens with one attached hydrogen (secondary N) is 1. The predicted octanol–water partition coefficient (Wildman–Crippen LogP) is 3.70. The van der Waals surface area contributed by atoms with Crippen molar-refractivity contribution in [3.8, 4) is 5.75 Å². The standard InChI is InChI=1S/C15H18BrF3N2O/c16-11-3-4-13(22-15(17,18)19)12(9-11)14(10-1-2-10)21-7-5-20-6-8-21/h3-4,9-10,14,20H,1-2,5-8H2/t14-/m1/s1. The Morgan fingerprint density at radius 3 is 2.50 bits per heavy atom. The molecule has 1 atom stereocenters. The van der Waals surface area contributed by atoms with Crippen LogP contribution in [0.5, 0.6) is 5.75 Å². The number of hydrogen-bond donors (Lipinski definition) is 1. The van der Waals surface area contributed by atoms with Gasteiger partial charge >= 0.3 is 6.36 Å². The molecule has 0 aromatic heterocycles. The maximum absolute atomic E-state index is 12.7. The van der Waals surface area contributed by atoms with Crippen molar-refractivity contribution in [3.05, 3.63) is 28.2 Å². The molecule has 0 radical (unpaired) electrons. The van der Waals surface area contributed by atoms with Crippen molar-refractivity contribution in [2.45, 2.75) is 25.2 Å². The van der Waals surface area contributed by atoms with E-state index < -0.39 is 6.36 Å². The first-order valence-electron chi connectivity index (χ1n) is 7.44. The minimum atomic E-state index is -4.67. The highest BCUT2D eigenvalue weighted by atomic mass is 79.9. The second-order valence-electron chi connectivity index (χ2n) is 5.80. The molecule has 1 saturated carbocycles. The van der Waals surface area contributed by atoms with Gasteiger partial charge in [-0.2, -0.15) is 0 Å². The van der Waals surface area contributed by atoms with Gasteiger partial charge < -0.3 is 10.1 Å². The van der Waals surface area contributed by atoms with Crippen molar-refractivity contribution in [1.29, 1.82) is 0 Å². The lowest BCUT2D eigenvalue weighted by molar-refractivity contribution is -0.275. The molecule has 1 heterocycles. The molecule has 1 saturated heterocycles. The quantitative estimate of drug-likeness (QED) is 0.864. The van der Waals surface area contributed by atoms with E-state index in [1.54, 1.807) is 12.1 Å². The third-order valence-electron chi connectivity index (χ3n) is 4.13. The van der Waals surface area contributed by atoms with Gasteiger partial charge in [-0.05, 0) is 37.0 Å². The monoisotopic (exact) mass is 378 g/mol. The Kier molecular flexibility index (Phi) is 4.66. The molecule has 1 aromatic carbocycles. The summed E-state index contributed by atoms with van der Waals surface area (Å²) in [6, 6.07) is 4.76. The maximum atomic E-state index is 12.7. The molecule has 0 bridgehead atoms. The van der Waals surface area contributed by atoms with E-state index in [9.17, 15) is 13.2 Å². The fourth-order valence-corrected chi connectivity index (χ4v) is 3.47. The lowest BCUT2D eigenvalue weighted by atomic mass is 9.98. The van der Waals surface area contributed by atoms with Gasteiger partial charge in [0.15, 0.2) is 0 Å². The highest BCUT2D eigenvalue weighted by Crippen LogP contribution is 2.48. The number of piperazine rings is 1. The summed E-state index contributed by atoms with van der Waals surface area (Å²) >= 11 is 3.37. The highest BCUT2D eigenvalue weighted by Gasteiger charge is 2.40. The van der Waals surface area contributed by atoms with Crippen LogP contribution in [0.4, 0.5) is 13.2 Å². The molecule has 122 valence electrons. The van der Waals surface area contributed by atoms with E-state index in [4.69, 9.17) is 0 Å². The molecule has 1 aliphatic carbocycles. The van der Waals surface area contributed by atoms with Gasteiger partial charge in [0.25, 0.3) is 0 Å². The molecule has 1 aliphatic heterocycles. The van der Waals surface area contributed by atoms with Crippen molar-refractivity contribution in [3.63, 3.8) is 0 Å². The van der Waals surface area contributed by atoms with Crippen molar-refractivity contribution in [1.82, 2.24) is 10.2 Å². The molecular weight excluding hydrogens is 361 g/mol. The van der Waals surface area contributed by atoms with E-state index >= 15 is 0 Å². The average molecular weight is 379 g/mol. The highest BCUT2D eigenvalue weighted by molar-refractivity contribution is 9.10. The molecule has 3 rings (SSSR count). The second kappa shape index (κ2) is 6.37. The third kappa shape index (κ3) is 3.94. The first-order chi connectivity index (χ1) is 10.4. The Bertz CT molecular complexity index is 528. The first-order valence-corrected chi connectivity index (χ1v) is 8.23. The molecule has 3 nitrogen and oxygen atoms in total. The first kappa shape index (κ1) is 16.1. The Hall–Kier alpha value is -0.790. The minimum Gasteiger partial charge on any atom is -0.405 e. The largest absolute Gasteiger partial charge is 0.573 e. The molecule has 1 aromatic rings.